The van der Waals surface area contributed by atoms with Gasteiger partial charge in [0.2, 0.25) is 0 Å². The van der Waals surface area contributed by atoms with Crippen LogP contribution in [0.5, 0.6) is 0 Å². The van der Waals surface area contributed by atoms with Gasteiger partial charge in [-0.1, -0.05) is 30.1 Å². The van der Waals surface area contributed by atoms with Crippen molar-refractivity contribution in [2.24, 2.45) is 10.4 Å². The van der Waals surface area contributed by atoms with Gasteiger partial charge in [0.15, 0.2) is 5.70 Å². The SMILES string of the molecule is COC(=O)/C=C(/N=C(NO)C1(C)CCCN(C(=O)c2ccc(Cl)c(Cl)c2)C1)C(=O)OC. The van der Waals surface area contributed by atoms with E-state index in [1.54, 1.807) is 24.0 Å². The Kier molecular flexibility index (Phi) is 8.43. The number of piperidine rings is 1. The Morgan fingerprint density at radius 2 is 1.94 bits per heavy atom. The predicted molar refractivity (Wildman–Crippen MR) is 114 cm³/mol. The average Bonchev–Trinajstić information content (AvgIpc) is 2.76. The first kappa shape index (κ1) is 24.6. The van der Waals surface area contributed by atoms with E-state index in [9.17, 15) is 19.6 Å². The maximum Gasteiger partial charge on any atom is 0.357 e. The van der Waals surface area contributed by atoms with Crippen molar-refractivity contribution in [3.63, 3.8) is 0 Å². The van der Waals surface area contributed by atoms with Gasteiger partial charge in [-0.05, 0) is 31.0 Å². The van der Waals surface area contributed by atoms with E-state index in [4.69, 9.17) is 23.2 Å². The van der Waals surface area contributed by atoms with Crippen LogP contribution in [0.25, 0.3) is 0 Å². The number of hydrogen-bond acceptors (Lipinski definition) is 7. The summed E-state index contributed by atoms with van der Waals surface area (Å²) in [5.74, 6) is -1.97. The molecule has 0 radical (unpaired) electrons. The summed E-state index contributed by atoms with van der Waals surface area (Å²) in [5, 5.41) is 10.3. The van der Waals surface area contributed by atoms with Gasteiger partial charge in [-0.15, -0.1) is 0 Å². The van der Waals surface area contributed by atoms with Crippen molar-refractivity contribution in [3.8, 4) is 0 Å². The van der Waals surface area contributed by atoms with E-state index >= 15 is 0 Å². The number of benzene rings is 1. The molecule has 2 N–H and O–H groups in total. The van der Waals surface area contributed by atoms with Crippen LogP contribution < -0.4 is 5.48 Å². The number of esters is 2. The highest BCUT2D eigenvalue weighted by Crippen LogP contribution is 2.32. The zero-order valence-corrected chi connectivity index (χ0v) is 18.8. The molecule has 1 heterocycles. The van der Waals surface area contributed by atoms with Gasteiger partial charge < -0.3 is 14.4 Å². The number of methoxy groups -OCH3 is 2. The summed E-state index contributed by atoms with van der Waals surface area (Å²) in [7, 11) is 2.28. The predicted octanol–water partition coefficient (Wildman–Crippen LogP) is 2.84. The highest BCUT2D eigenvalue weighted by Gasteiger charge is 2.38. The molecule has 0 bridgehead atoms. The topological polar surface area (TPSA) is 118 Å². The molecule has 1 aliphatic rings. The summed E-state index contributed by atoms with van der Waals surface area (Å²) in [4.78, 5) is 42.3. The molecule has 1 saturated heterocycles. The Balaban J connectivity index is 2.35. The smallest absolute Gasteiger partial charge is 0.357 e. The fraction of sp³-hybridized carbons (Fsp3) is 0.400. The van der Waals surface area contributed by atoms with Crippen LogP contribution in [0, 0.1) is 5.41 Å². The second kappa shape index (κ2) is 10.6. The highest BCUT2D eigenvalue weighted by molar-refractivity contribution is 6.42. The van der Waals surface area contributed by atoms with Crippen molar-refractivity contribution in [2.45, 2.75) is 19.8 Å². The Morgan fingerprint density at radius 3 is 2.52 bits per heavy atom. The quantitative estimate of drug-likeness (QED) is 0.223. The fourth-order valence-electron chi connectivity index (χ4n) is 3.25. The van der Waals surface area contributed by atoms with Crippen LogP contribution >= 0.6 is 23.2 Å². The molecule has 0 spiro atoms. The van der Waals surface area contributed by atoms with Crippen molar-refractivity contribution in [2.75, 3.05) is 27.3 Å². The van der Waals surface area contributed by atoms with E-state index in [1.165, 1.54) is 6.07 Å². The van der Waals surface area contributed by atoms with Crippen LogP contribution in [0.1, 0.15) is 30.1 Å². The minimum absolute atomic E-state index is 0.000286. The first-order chi connectivity index (χ1) is 14.6. The normalized spacial score (nSPS) is 19.6. The molecule has 1 atom stereocenters. The number of ether oxygens (including phenoxy) is 2. The molecule has 1 aromatic carbocycles. The second-order valence-corrected chi connectivity index (χ2v) is 7.95. The monoisotopic (exact) mass is 471 g/mol. The number of carbonyl (C=O) groups is 3. The van der Waals surface area contributed by atoms with E-state index in [2.05, 4.69) is 14.5 Å². The van der Waals surface area contributed by atoms with E-state index < -0.39 is 17.4 Å². The zero-order valence-electron chi connectivity index (χ0n) is 17.3. The van der Waals surface area contributed by atoms with Crippen LogP contribution in [0.3, 0.4) is 0 Å². The van der Waals surface area contributed by atoms with E-state index in [1.807, 2.05) is 5.48 Å². The van der Waals surface area contributed by atoms with Crippen molar-refractivity contribution in [1.82, 2.24) is 10.4 Å². The second-order valence-electron chi connectivity index (χ2n) is 7.14. The highest BCUT2D eigenvalue weighted by atomic mass is 35.5. The van der Waals surface area contributed by atoms with Gasteiger partial charge >= 0.3 is 11.9 Å². The molecule has 0 aromatic heterocycles. The van der Waals surface area contributed by atoms with E-state index in [0.717, 1.165) is 20.3 Å². The molecule has 1 fully saturated rings. The number of nitrogens with one attached hydrogen (secondary N) is 1. The summed E-state index contributed by atoms with van der Waals surface area (Å²) in [6.07, 6.45) is 2.02. The summed E-state index contributed by atoms with van der Waals surface area (Å²) < 4.78 is 9.17. The standard InChI is InChI=1S/C20H23Cl2N3O6/c1-20(19(24-29)23-15(18(28)31-3)10-16(26)30-2)7-4-8-25(11-20)17(27)12-5-6-13(21)14(22)9-12/h5-6,9-10,29H,4,7-8,11H2,1-3H3,(H,23,24)/b15-10+. The number of rotatable bonds is 5. The van der Waals surface area contributed by atoms with Gasteiger partial charge in [-0.3, -0.25) is 15.5 Å². The molecule has 9 nitrogen and oxygen atoms in total. The summed E-state index contributed by atoms with van der Waals surface area (Å²) >= 11 is 12.0. The third kappa shape index (κ3) is 5.96. The molecule has 31 heavy (non-hydrogen) atoms. The Labute approximate surface area is 189 Å². The van der Waals surface area contributed by atoms with Crippen LogP contribution in [-0.4, -0.2) is 61.1 Å². The number of hydroxylamine groups is 1. The minimum atomic E-state index is -0.888. The molecule has 1 unspecified atom stereocenters. The van der Waals surface area contributed by atoms with Gasteiger partial charge in [0, 0.05) is 24.1 Å². The Hall–Kier alpha value is -2.62. The Bertz CT molecular complexity index is 933. The maximum atomic E-state index is 13.0. The molecule has 0 aliphatic carbocycles. The first-order valence-electron chi connectivity index (χ1n) is 9.26. The molecule has 1 aromatic rings. The molecule has 11 heteroatoms. The van der Waals surface area contributed by atoms with Crippen molar-refractivity contribution in [1.29, 1.82) is 0 Å². The van der Waals surface area contributed by atoms with Crippen molar-refractivity contribution in [3.05, 3.63) is 45.6 Å². The molecular formula is C20H23Cl2N3O6. The first-order valence-corrected chi connectivity index (χ1v) is 10.0. The minimum Gasteiger partial charge on any atom is -0.466 e. The lowest BCUT2D eigenvalue weighted by Crippen LogP contribution is -2.51. The Morgan fingerprint density at radius 1 is 1.23 bits per heavy atom. The van der Waals surface area contributed by atoms with Crippen molar-refractivity contribution < 1.29 is 29.1 Å². The van der Waals surface area contributed by atoms with E-state index in [0.29, 0.717) is 30.0 Å². The number of aliphatic imine (C=N–C) groups is 1. The van der Waals surface area contributed by atoms with Gasteiger partial charge in [0.25, 0.3) is 5.91 Å². The van der Waals surface area contributed by atoms with Crippen LogP contribution in [0.4, 0.5) is 0 Å². The summed E-state index contributed by atoms with van der Waals surface area (Å²) in [6.45, 7) is 2.44. The van der Waals surface area contributed by atoms with Crippen LogP contribution in [0.15, 0.2) is 35.0 Å². The lowest BCUT2D eigenvalue weighted by molar-refractivity contribution is -0.138. The molecule has 1 amide bonds. The molecule has 0 saturated carbocycles. The van der Waals surface area contributed by atoms with Crippen LogP contribution in [-0.2, 0) is 19.1 Å². The van der Waals surface area contributed by atoms with Crippen molar-refractivity contribution >= 4 is 46.9 Å². The van der Waals surface area contributed by atoms with Gasteiger partial charge in [-0.25, -0.2) is 14.6 Å². The molecule has 168 valence electrons. The van der Waals surface area contributed by atoms with E-state index in [-0.39, 0.29) is 29.0 Å². The number of carbonyl (C=O) groups excluding carboxylic acids is 3. The maximum absolute atomic E-state index is 13.0. The number of nitrogens with zero attached hydrogens (tertiary/aromatic N) is 2. The zero-order chi connectivity index (χ0) is 23.2. The lowest BCUT2D eigenvalue weighted by Gasteiger charge is -2.40. The van der Waals surface area contributed by atoms with Gasteiger partial charge in [-0.2, -0.15) is 0 Å². The molecule has 1 aliphatic heterocycles. The summed E-state index contributed by atoms with van der Waals surface area (Å²) in [5.41, 5.74) is 1.17. The number of hydrogen-bond donors (Lipinski definition) is 2. The summed E-state index contributed by atoms with van der Waals surface area (Å²) in [6, 6.07) is 4.62. The third-order valence-electron chi connectivity index (χ3n) is 4.91. The fourth-order valence-corrected chi connectivity index (χ4v) is 3.54. The van der Waals surface area contributed by atoms with Gasteiger partial charge in [0.05, 0.1) is 30.3 Å². The third-order valence-corrected chi connectivity index (χ3v) is 5.65. The van der Waals surface area contributed by atoms with Gasteiger partial charge in [0.1, 0.15) is 5.84 Å². The van der Waals surface area contributed by atoms with Crippen LogP contribution in [0.2, 0.25) is 10.0 Å². The average molecular weight is 472 g/mol. The number of amidine groups is 1. The molecule has 2 rings (SSSR count). The number of halogens is 2. The number of amides is 1. The largest absolute Gasteiger partial charge is 0.466 e. The molecular weight excluding hydrogens is 449 g/mol. The number of likely N-dealkylation sites (tertiary alicyclic amines) is 1. The lowest BCUT2D eigenvalue weighted by atomic mass is 9.80.